The minimum absolute atomic E-state index is 0.0818. The summed E-state index contributed by atoms with van der Waals surface area (Å²) in [5, 5.41) is 4.20. The quantitative estimate of drug-likeness (QED) is 0.575. The van der Waals surface area contributed by atoms with Gasteiger partial charge in [-0.1, -0.05) is 6.07 Å². The van der Waals surface area contributed by atoms with Crippen LogP contribution in [0.25, 0.3) is 6.08 Å². The fourth-order valence-corrected chi connectivity index (χ4v) is 4.04. The molecule has 0 unspecified atom stereocenters. The normalized spacial score (nSPS) is 15.2. The summed E-state index contributed by atoms with van der Waals surface area (Å²) in [6.07, 6.45) is 1.69. The number of thiophene rings is 1. The Labute approximate surface area is 169 Å². The number of hydrogen-bond donors (Lipinski definition) is 1. The maximum absolute atomic E-state index is 12.4. The van der Waals surface area contributed by atoms with Crippen LogP contribution < -0.4 is 5.32 Å². The van der Waals surface area contributed by atoms with Crippen molar-refractivity contribution in [1.82, 2.24) is 10.2 Å². The topological polar surface area (TPSA) is 92.8 Å². The number of benzene rings is 1. The molecule has 3 amide bonds. The number of carbonyl (C=O) groups excluding carboxylic acids is 4. The van der Waals surface area contributed by atoms with Gasteiger partial charge in [-0.05, 0) is 53.5 Å². The van der Waals surface area contributed by atoms with E-state index in [0.717, 1.165) is 21.5 Å². The molecule has 1 N–H and O–H groups in total. The molecule has 144 valence electrons. The van der Waals surface area contributed by atoms with Crippen LogP contribution in [0.15, 0.2) is 46.7 Å². The number of amides is 3. The van der Waals surface area contributed by atoms with Crippen molar-refractivity contribution < 1.29 is 23.9 Å². The minimum Gasteiger partial charge on any atom is -0.465 e. The summed E-state index contributed by atoms with van der Waals surface area (Å²) < 4.78 is 4.61. The van der Waals surface area contributed by atoms with Crippen LogP contribution in [0.5, 0.6) is 0 Å². The second-order valence-corrected chi connectivity index (χ2v) is 7.65. The van der Waals surface area contributed by atoms with Gasteiger partial charge in [0.2, 0.25) is 0 Å². The zero-order valence-corrected chi connectivity index (χ0v) is 16.5. The summed E-state index contributed by atoms with van der Waals surface area (Å²) in [7, 11) is 1.28. The number of rotatable bonds is 6. The van der Waals surface area contributed by atoms with Gasteiger partial charge in [-0.25, -0.2) is 4.79 Å². The number of methoxy groups -OCH3 is 1. The molecule has 7 nitrogen and oxygen atoms in total. The third-order valence-electron chi connectivity index (χ3n) is 3.88. The van der Waals surface area contributed by atoms with Gasteiger partial charge in [0, 0.05) is 23.5 Å². The van der Waals surface area contributed by atoms with E-state index in [1.165, 1.54) is 42.7 Å². The number of esters is 1. The Morgan fingerprint density at radius 2 is 1.86 bits per heavy atom. The van der Waals surface area contributed by atoms with Crippen LogP contribution in [0.2, 0.25) is 0 Å². The third-order valence-corrected chi connectivity index (χ3v) is 5.61. The third kappa shape index (κ3) is 4.49. The molecular formula is C19H16N2O5S2. The Kier molecular flexibility index (Phi) is 6.27. The fourth-order valence-electron chi connectivity index (χ4n) is 2.45. The maximum Gasteiger partial charge on any atom is 0.337 e. The van der Waals surface area contributed by atoms with Crippen molar-refractivity contribution in [2.45, 2.75) is 0 Å². The smallest absolute Gasteiger partial charge is 0.337 e. The van der Waals surface area contributed by atoms with Crippen LogP contribution in [-0.2, 0) is 9.53 Å². The highest BCUT2D eigenvalue weighted by molar-refractivity contribution is 8.18. The summed E-state index contributed by atoms with van der Waals surface area (Å²) >= 11 is 2.37. The van der Waals surface area contributed by atoms with E-state index in [9.17, 15) is 19.2 Å². The number of nitrogens with one attached hydrogen (secondary N) is 1. The van der Waals surface area contributed by atoms with Crippen molar-refractivity contribution in [3.05, 3.63) is 62.7 Å². The number of imide groups is 1. The average Bonchev–Trinajstić information content (AvgIpc) is 3.31. The Morgan fingerprint density at radius 1 is 1.14 bits per heavy atom. The molecule has 1 aliphatic heterocycles. The van der Waals surface area contributed by atoms with Crippen LogP contribution in [0.1, 0.15) is 25.6 Å². The highest BCUT2D eigenvalue weighted by atomic mass is 32.2. The number of carbonyl (C=O) groups is 4. The van der Waals surface area contributed by atoms with Crippen LogP contribution in [0.3, 0.4) is 0 Å². The molecule has 1 fully saturated rings. The highest BCUT2D eigenvalue weighted by Crippen LogP contribution is 2.32. The van der Waals surface area contributed by atoms with E-state index in [1.54, 1.807) is 6.08 Å². The van der Waals surface area contributed by atoms with Crippen LogP contribution in [0, 0.1) is 0 Å². The Morgan fingerprint density at radius 3 is 2.50 bits per heavy atom. The van der Waals surface area contributed by atoms with Crippen molar-refractivity contribution in [3.63, 3.8) is 0 Å². The lowest BCUT2D eigenvalue weighted by Gasteiger charge is -2.13. The molecule has 1 aromatic carbocycles. The summed E-state index contributed by atoms with van der Waals surface area (Å²) in [5.41, 5.74) is 0.703. The van der Waals surface area contributed by atoms with Gasteiger partial charge in [0.05, 0.1) is 17.6 Å². The molecular weight excluding hydrogens is 400 g/mol. The monoisotopic (exact) mass is 416 g/mol. The van der Waals surface area contributed by atoms with E-state index in [2.05, 4.69) is 10.1 Å². The zero-order chi connectivity index (χ0) is 20.1. The molecule has 28 heavy (non-hydrogen) atoms. The van der Waals surface area contributed by atoms with Crippen LogP contribution >= 0.6 is 23.1 Å². The SMILES string of the molecule is COC(=O)c1ccc(C(=O)NCCN2C(=O)S/C(=C/c3cccs3)C2=O)cc1. The summed E-state index contributed by atoms with van der Waals surface area (Å²) in [4.78, 5) is 50.4. The van der Waals surface area contributed by atoms with Gasteiger partial charge in [0.25, 0.3) is 17.1 Å². The molecule has 9 heteroatoms. The Hall–Kier alpha value is -2.91. The van der Waals surface area contributed by atoms with E-state index < -0.39 is 5.97 Å². The number of nitrogens with zero attached hydrogens (tertiary/aromatic N) is 1. The van der Waals surface area contributed by atoms with Crippen LogP contribution in [-0.4, -0.2) is 48.1 Å². The van der Waals surface area contributed by atoms with E-state index in [4.69, 9.17) is 0 Å². The molecule has 0 atom stereocenters. The fraction of sp³-hybridized carbons (Fsp3) is 0.158. The van der Waals surface area contributed by atoms with Crippen molar-refractivity contribution in [3.8, 4) is 0 Å². The number of thioether (sulfide) groups is 1. The predicted octanol–water partition coefficient (Wildman–Crippen LogP) is 3.00. The molecule has 0 aliphatic carbocycles. The first-order valence-corrected chi connectivity index (χ1v) is 9.94. The molecule has 3 rings (SSSR count). The molecule has 2 aromatic rings. The molecule has 0 saturated carbocycles. The largest absolute Gasteiger partial charge is 0.465 e. The number of hydrogen-bond acceptors (Lipinski definition) is 7. The average molecular weight is 416 g/mol. The second kappa shape index (κ2) is 8.85. The van der Waals surface area contributed by atoms with Gasteiger partial charge in [-0.15, -0.1) is 11.3 Å². The number of ether oxygens (including phenoxy) is 1. The van der Waals surface area contributed by atoms with Gasteiger partial charge in [-0.3, -0.25) is 19.3 Å². The summed E-state index contributed by atoms with van der Waals surface area (Å²) in [5.74, 6) is -1.21. The van der Waals surface area contributed by atoms with E-state index >= 15 is 0 Å². The first kappa shape index (κ1) is 19.8. The Bertz CT molecular complexity index is 936. The van der Waals surface area contributed by atoms with E-state index in [0.29, 0.717) is 16.0 Å². The zero-order valence-electron chi connectivity index (χ0n) is 14.8. The van der Waals surface area contributed by atoms with Gasteiger partial charge < -0.3 is 10.1 Å². The second-order valence-electron chi connectivity index (χ2n) is 5.67. The highest BCUT2D eigenvalue weighted by Gasteiger charge is 2.34. The summed E-state index contributed by atoms with van der Waals surface area (Å²) in [6, 6.07) is 9.73. The summed E-state index contributed by atoms with van der Waals surface area (Å²) in [6.45, 7) is 0.209. The van der Waals surface area contributed by atoms with E-state index in [-0.39, 0.29) is 30.1 Å². The van der Waals surface area contributed by atoms with Crippen molar-refractivity contribution >= 4 is 52.2 Å². The minimum atomic E-state index is -0.484. The lowest BCUT2D eigenvalue weighted by Crippen LogP contribution is -2.37. The Balaban J connectivity index is 1.54. The molecule has 2 heterocycles. The molecule has 1 saturated heterocycles. The molecule has 1 aromatic heterocycles. The first-order valence-electron chi connectivity index (χ1n) is 8.25. The molecule has 1 aliphatic rings. The van der Waals surface area contributed by atoms with Gasteiger partial charge in [0.1, 0.15) is 0 Å². The van der Waals surface area contributed by atoms with Crippen molar-refractivity contribution in [2.24, 2.45) is 0 Å². The van der Waals surface area contributed by atoms with Gasteiger partial charge in [-0.2, -0.15) is 0 Å². The van der Waals surface area contributed by atoms with Gasteiger partial charge >= 0.3 is 5.97 Å². The van der Waals surface area contributed by atoms with E-state index in [1.807, 2.05) is 17.5 Å². The van der Waals surface area contributed by atoms with Crippen molar-refractivity contribution in [2.75, 3.05) is 20.2 Å². The van der Waals surface area contributed by atoms with Gasteiger partial charge in [0.15, 0.2) is 0 Å². The van der Waals surface area contributed by atoms with Crippen molar-refractivity contribution in [1.29, 1.82) is 0 Å². The lowest BCUT2D eigenvalue weighted by atomic mass is 10.1. The maximum atomic E-state index is 12.4. The molecule has 0 bridgehead atoms. The predicted molar refractivity (Wildman–Crippen MR) is 107 cm³/mol. The lowest BCUT2D eigenvalue weighted by molar-refractivity contribution is -0.122. The standard InChI is InChI=1S/C19H16N2O5S2/c1-26-18(24)13-6-4-12(5-7-13)16(22)20-8-9-21-17(23)15(28-19(21)25)11-14-3-2-10-27-14/h2-7,10-11H,8-9H2,1H3,(H,20,22)/b15-11+. The first-order chi connectivity index (χ1) is 13.5. The van der Waals surface area contributed by atoms with Crippen LogP contribution in [0.4, 0.5) is 4.79 Å². The molecule has 0 spiro atoms. The molecule has 0 radical (unpaired) electrons.